The van der Waals surface area contributed by atoms with Gasteiger partial charge in [-0.3, -0.25) is 0 Å². The van der Waals surface area contributed by atoms with Gasteiger partial charge in [-0.05, 0) is 19.8 Å². The van der Waals surface area contributed by atoms with Gasteiger partial charge in [-0.1, -0.05) is 5.16 Å². The fraction of sp³-hybridized carbons (Fsp3) is 0.889. The van der Waals surface area contributed by atoms with E-state index in [1.165, 1.54) is 0 Å². The maximum atomic E-state index is 9.07. The first-order chi connectivity index (χ1) is 6.62. The van der Waals surface area contributed by atoms with Crippen molar-refractivity contribution in [1.82, 2.24) is 5.32 Å². The fourth-order valence-corrected chi connectivity index (χ4v) is 1.39. The zero-order chi connectivity index (χ0) is 10.6. The van der Waals surface area contributed by atoms with Gasteiger partial charge < -0.3 is 21.4 Å². The molecule has 82 valence electrons. The maximum absolute atomic E-state index is 9.07. The summed E-state index contributed by atoms with van der Waals surface area (Å²) < 4.78 is 0. The molecule has 0 aromatic carbocycles. The molecule has 0 aliphatic heterocycles. The van der Waals surface area contributed by atoms with Crippen LogP contribution in [-0.2, 0) is 0 Å². The summed E-state index contributed by atoms with van der Waals surface area (Å²) in [6.45, 7) is 3.03. The highest BCUT2D eigenvalue weighted by molar-refractivity contribution is 5.80. The van der Waals surface area contributed by atoms with E-state index in [4.69, 9.17) is 16.0 Å². The molecule has 0 aromatic rings. The number of rotatable bonds is 6. The highest BCUT2D eigenvalue weighted by atomic mass is 16.4. The molecule has 1 unspecified atom stereocenters. The number of hydrogen-bond acceptors (Lipinski definition) is 4. The van der Waals surface area contributed by atoms with Crippen molar-refractivity contribution in [3.8, 4) is 0 Å². The smallest absolute Gasteiger partial charge is 0.140 e. The van der Waals surface area contributed by atoms with Gasteiger partial charge in [0.1, 0.15) is 5.84 Å². The summed E-state index contributed by atoms with van der Waals surface area (Å²) in [6, 6.07) is 0.176. The molecule has 1 aliphatic rings. The van der Waals surface area contributed by atoms with Crippen LogP contribution in [0.1, 0.15) is 26.2 Å². The minimum absolute atomic E-state index is 0.110. The number of oxime groups is 1. The second-order valence-corrected chi connectivity index (χ2v) is 4.24. The van der Waals surface area contributed by atoms with Crippen molar-refractivity contribution in [2.45, 2.75) is 32.2 Å². The van der Waals surface area contributed by atoms with E-state index in [1.54, 1.807) is 0 Å². The van der Waals surface area contributed by atoms with Crippen LogP contribution >= 0.6 is 0 Å². The van der Waals surface area contributed by atoms with Crippen LogP contribution in [0.2, 0.25) is 0 Å². The topological polar surface area (TPSA) is 90.9 Å². The number of hydrogen-bond donors (Lipinski definition) is 4. The van der Waals surface area contributed by atoms with Crippen molar-refractivity contribution in [1.29, 1.82) is 0 Å². The summed E-state index contributed by atoms with van der Waals surface area (Å²) in [6.07, 6.45) is 2.71. The molecule has 0 amide bonds. The van der Waals surface area contributed by atoms with Gasteiger partial charge in [0, 0.05) is 31.0 Å². The Bertz CT molecular complexity index is 214. The van der Waals surface area contributed by atoms with Crippen molar-refractivity contribution in [3.05, 3.63) is 0 Å². The third kappa shape index (κ3) is 3.16. The lowest BCUT2D eigenvalue weighted by molar-refractivity contribution is 0.205. The lowest BCUT2D eigenvalue weighted by Crippen LogP contribution is -2.36. The Hall–Kier alpha value is -0.810. The van der Waals surface area contributed by atoms with Crippen LogP contribution < -0.4 is 11.1 Å². The molecule has 5 N–H and O–H groups in total. The Kier molecular flexibility index (Phi) is 3.71. The van der Waals surface area contributed by atoms with E-state index in [1.807, 2.05) is 6.92 Å². The largest absolute Gasteiger partial charge is 0.409 e. The van der Waals surface area contributed by atoms with E-state index in [0.29, 0.717) is 6.42 Å². The summed E-state index contributed by atoms with van der Waals surface area (Å²) in [4.78, 5) is 0. The molecular formula is C9H19N3O2. The van der Waals surface area contributed by atoms with Crippen molar-refractivity contribution in [2.24, 2.45) is 16.3 Å². The van der Waals surface area contributed by atoms with E-state index < -0.39 is 0 Å². The number of nitrogens with one attached hydrogen (secondary N) is 1. The Balaban J connectivity index is 2.18. The molecule has 5 nitrogen and oxygen atoms in total. The molecule has 0 aromatic heterocycles. The first-order valence-corrected chi connectivity index (χ1v) is 4.92. The molecule has 1 atom stereocenters. The van der Waals surface area contributed by atoms with Gasteiger partial charge in [0.25, 0.3) is 0 Å². The number of nitrogens with two attached hydrogens (primary N) is 1. The zero-order valence-electron chi connectivity index (χ0n) is 8.53. The van der Waals surface area contributed by atoms with E-state index >= 15 is 0 Å². The van der Waals surface area contributed by atoms with Crippen molar-refractivity contribution < 1.29 is 10.3 Å². The minimum atomic E-state index is 0.110. The summed E-state index contributed by atoms with van der Waals surface area (Å²) in [5.41, 5.74) is 5.48. The fourth-order valence-electron chi connectivity index (χ4n) is 1.39. The second-order valence-electron chi connectivity index (χ2n) is 4.24. The third-order valence-corrected chi connectivity index (χ3v) is 2.76. The van der Waals surface area contributed by atoms with Gasteiger partial charge in [0.2, 0.25) is 0 Å². The Morgan fingerprint density at radius 2 is 2.29 bits per heavy atom. The van der Waals surface area contributed by atoms with E-state index in [0.717, 1.165) is 19.4 Å². The van der Waals surface area contributed by atoms with Gasteiger partial charge in [-0.25, -0.2) is 0 Å². The summed E-state index contributed by atoms with van der Waals surface area (Å²) in [5.74, 6) is 0.235. The first kappa shape index (κ1) is 11.3. The standard InChI is InChI=1S/C9H19N3O2/c1-7(4-8(10)12-14)11-5-9(6-13)2-3-9/h7,11,13-14H,2-6H2,1H3,(H2,10,12). The predicted octanol–water partition coefficient (Wildman–Crippen LogP) is -0.127. The quantitative estimate of drug-likeness (QED) is 0.208. The predicted molar refractivity (Wildman–Crippen MR) is 54.2 cm³/mol. The van der Waals surface area contributed by atoms with Crippen molar-refractivity contribution in [2.75, 3.05) is 13.2 Å². The summed E-state index contributed by atoms with van der Waals surface area (Å²) in [5, 5.41) is 23.6. The summed E-state index contributed by atoms with van der Waals surface area (Å²) in [7, 11) is 0. The molecule has 0 radical (unpaired) electrons. The molecule has 0 spiro atoms. The van der Waals surface area contributed by atoms with Crippen LogP contribution in [0.3, 0.4) is 0 Å². The average molecular weight is 201 g/mol. The van der Waals surface area contributed by atoms with Crippen LogP contribution in [0.5, 0.6) is 0 Å². The number of aliphatic hydroxyl groups is 1. The van der Waals surface area contributed by atoms with Crippen molar-refractivity contribution in [3.63, 3.8) is 0 Å². The van der Waals surface area contributed by atoms with Crippen LogP contribution in [0.15, 0.2) is 5.16 Å². The number of amidine groups is 1. The SMILES string of the molecule is CC(CC(N)=NO)NCC1(CO)CC1. The molecule has 1 saturated carbocycles. The van der Waals surface area contributed by atoms with Crippen LogP contribution in [-0.4, -0.2) is 35.3 Å². The van der Waals surface area contributed by atoms with Gasteiger partial charge >= 0.3 is 0 Å². The maximum Gasteiger partial charge on any atom is 0.140 e. The van der Waals surface area contributed by atoms with Crippen LogP contribution in [0.4, 0.5) is 0 Å². The molecular weight excluding hydrogens is 182 g/mol. The Morgan fingerprint density at radius 3 is 2.71 bits per heavy atom. The number of aliphatic hydroxyl groups excluding tert-OH is 1. The van der Waals surface area contributed by atoms with Gasteiger partial charge in [0.05, 0.1) is 0 Å². The number of nitrogens with zero attached hydrogens (tertiary/aromatic N) is 1. The molecule has 1 fully saturated rings. The van der Waals surface area contributed by atoms with Crippen molar-refractivity contribution >= 4 is 5.84 Å². The molecule has 0 heterocycles. The Morgan fingerprint density at radius 1 is 1.64 bits per heavy atom. The minimum Gasteiger partial charge on any atom is -0.409 e. The molecule has 14 heavy (non-hydrogen) atoms. The highest BCUT2D eigenvalue weighted by Gasteiger charge is 2.41. The lowest BCUT2D eigenvalue weighted by atomic mass is 10.1. The second kappa shape index (κ2) is 4.61. The average Bonchev–Trinajstić information content (AvgIpc) is 2.95. The van der Waals surface area contributed by atoms with Gasteiger partial charge in [-0.2, -0.15) is 0 Å². The third-order valence-electron chi connectivity index (χ3n) is 2.76. The van der Waals surface area contributed by atoms with Crippen LogP contribution in [0.25, 0.3) is 0 Å². The lowest BCUT2D eigenvalue weighted by Gasteiger charge is -2.17. The van der Waals surface area contributed by atoms with E-state index in [9.17, 15) is 0 Å². The molecule has 0 bridgehead atoms. The monoisotopic (exact) mass is 201 g/mol. The molecule has 1 aliphatic carbocycles. The van der Waals surface area contributed by atoms with Crippen LogP contribution in [0, 0.1) is 5.41 Å². The van der Waals surface area contributed by atoms with E-state index in [-0.39, 0.29) is 23.9 Å². The van der Waals surface area contributed by atoms with E-state index in [2.05, 4.69) is 10.5 Å². The zero-order valence-corrected chi connectivity index (χ0v) is 8.53. The summed E-state index contributed by atoms with van der Waals surface area (Å²) >= 11 is 0. The molecule has 1 rings (SSSR count). The van der Waals surface area contributed by atoms with Gasteiger partial charge in [0.15, 0.2) is 0 Å². The molecule has 5 heteroatoms. The van der Waals surface area contributed by atoms with Gasteiger partial charge in [-0.15, -0.1) is 0 Å². The molecule has 0 saturated heterocycles. The first-order valence-electron chi connectivity index (χ1n) is 4.92. The normalized spacial score (nSPS) is 22.0. The Labute approximate surface area is 84.0 Å². The highest BCUT2D eigenvalue weighted by Crippen LogP contribution is 2.44.